The van der Waals surface area contributed by atoms with E-state index in [4.69, 9.17) is 4.74 Å². The van der Waals surface area contributed by atoms with Crippen LogP contribution < -0.4 is 0 Å². The minimum absolute atomic E-state index is 0.128. The van der Waals surface area contributed by atoms with Crippen LogP contribution in [-0.4, -0.2) is 24.3 Å². The van der Waals surface area contributed by atoms with Gasteiger partial charge in [-0.2, -0.15) is 0 Å². The lowest BCUT2D eigenvalue weighted by molar-refractivity contribution is -0.158. The first-order valence-electron chi connectivity index (χ1n) is 6.08. The molecule has 0 spiro atoms. The maximum absolute atomic E-state index is 11.7. The molecule has 92 valence electrons. The topological polar surface area (TPSA) is 46.5 Å². The van der Waals surface area contributed by atoms with Crippen LogP contribution in [0.5, 0.6) is 0 Å². The van der Waals surface area contributed by atoms with Crippen molar-refractivity contribution in [3.8, 4) is 0 Å². The fraction of sp³-hybridized carbons (Fsp3) is 0.923. The highest BCUT2D eigenvalue weighted by Gasteiger charge is 2.73. The van der Waals surface area contributed by atoms with E-state index in [0.717, 1.165) is 0 Å². The third-order valence-corrected chi connectivity index (χ3v) is 5.38. The molecule has 0 atom stereocenters. The molecule has 2 fully saturated rings. The average molecular weight is 226 g/mol. The largest absolute Gasteiger partial charge is 0.481 e. The third kappa shape index (κ3) is 1.27. The van der Waals surface area contributed by atoms with Gasteiger partial charge in [-0.15, -0.1) is 0 Å². The molecule has 2 rings (SSSR count). The summed E-state index contributed by atoms with van der Waals surface area (Å²) in [5.74, 6) is -0.353. The summed E-state index contributed by atoms with van der Waals surface area (Å²) in [5.41, 5.74) is -0.295. The summed E-state index contributed by atoms with van der Waals surface area (Å²) in [7, 11) is 0. The van der Waals surface area contributed by atoms with Crippen molar-refractivity contribution >= 4 is 5.97 Å². The van der Waals surface area contributed by atoms with Crippen LogP contribution in [0.4, 0.5) is 0 Å². The quantitative estimate of drug-likeness (QED) is 0.787. The molecule has 1 aliphatic heterocycles. The van der Waals surface area contributed by atoms with Crippen molar-refractivity contribution in [1.82, 2.24) is 0 Å². The van der Waals surface area contributed by atoms with Gasteiger partial charge in [-0.25, -0.2) is 0 Å². The maximum Gasteiger partial charge on any atom is 0.310 e. The van der Waals surface area contributed by atoms with Gasteiger partial charge in [0.1, 0.15) is 0 Å². The van der Waals surface area contributed by atoms with E-state index in [1.54, 1.807) is 0 Å². The SMILES string of the molecule is CC1(C)C(C2(C(=O)O)CCOCC2)C1(C)C. The number of hydrogen-bond donors (Lipinski definition) is 1. The summed E-state index contributed by atoms with van der Waals surface area (Å²) in [4.78, 5) is 11.7. The Balaban J connectivity index is 2.32. The van der Waals surface area contributed by atoms with Crippen molar-refractivity contribution in [3.05, 3.63) is 0 Å². The van der Waals surface area contributed by atoms with Gasteiger partial charge >= 0.3 is 5.97 Å². The van der Waals surface area contributed by atoms with E-state index in [9.17, 15) is 9.90 Å². The zero-order valence-corrected chi connectivity index (χ0v) is 10.7. The summed E-state index contributed by atoms with van der Waals surface area (Å²) in [6.45, 7) is 9.95. The lowest BCUT2D eigenvalue weighted by atomic mass is 9.72. The van der Waals surface area contributed by atoms with Crippen LogP contribution in [0, 0.1) is 22.2 Å². The van der Waals surface area contributed by atoms with Crippen LogP contribution in [0.3, 0.4) is 0 Å². The number of ether oxygens (including phenoxy) is 1. The molecule has 0 aromatic heterocycles. The smallest absolute Gasteiger partial charge is 0.310 e. The van der Waals surface area contributed by atoms with Gasteiger partial charge in [0.25, 0.3) is 0 Å². The second kappa shape index (κ2) is 3.22. The molecule has 0 bridgehead atoms. The molecule has 0 aromatic rings. The Bertz CT molecular complexity index is 297. The van der Waals surface area contributed by atoms with Crippen molar-refractivity contribution in [2.24, 2.45) is 22.2 Å². The number of rotatable bonds is 2. The predicted molar refractivity (Wildman–Crippen MR) is 61.2 cm³/mol. The van der Waals surface area contributed by atoms with Crippen molar-refractivity contribution < 1.29 is 14.6 Å². The zero-order chi connectivity index (χ0) is 12.2. The van der Waals surface area contributed by atoms with Crippen molar-refractivity contribution in [3.63, 3.8) is 0 Å². The maximum atomic E-state index is 11.7. The summed E-state index contributed by atoms with van der Waals surface area (Å²) < 4.78 is 5.33. The summed E-state index contributed by atoms with van der Waals surface area (Å²) in [6.07, 6.45) is 1.33. The molecule has 3 heteroatoms. The van der Waals surface area contributed by atoms with Gasteiger partial charge < -0.3 is 9.84 Å². The van der Waals surface area contributed by atoms with E-state index in [-0.39, 0.29) is 16.7 Å². The monoisotopic (exact) mass is 226 g/mol. The molecule has 1 N–H and O–H groups in total. The van der Waals surface area contributed by atoms with E-state index in [2.05, 4.69) is 27.7 Å². The lowest BCUT2D eigenvalue weighted by Crippen LogP contribution is -2.41. The Morgan fingerprint density at radius 3 is 1.88 bits per heavy atom. The predicted octanol–water partition coefficient (Wildman–Crippen LogP) is 2.55. The van der Waals surface area contributed by atoms with Gasteiger partial charge in [-0.1, -0.05) is 27.7 Å². The Hall–Kier alpha value is -0.570. The normalized spacial score (nSPS) is 31.0. The molecule has 3 nitrogen and oxygen atoms in total. The fourth-order valence-corrected chi connectivity index (χ4v) is 3.94. The molecule has 2 aliphatic rings. The van der Waals surface area contributed by atoms with Crippen molar-refractivity contribution in [2.45, 2.75) is 40.5 Å². The lowest BCUT2D eigenvalue weighted by Gasteiger charge is -2.35. The van der Waals surface area contributed by atoms with E-state index in [1.807, 2.05) is 0 Å². The molecule has 1 aliphatic carbocycles. The fourth-order valence-electron chi connectivity index (χ4n) is 3.94. The molecular formula is C13H22O3. The molecular weight excluding hydrogens is 204 g/mol. The van der Waals surface area contributed by atoms with E-state index >= 15 is 0 Å². The molecule has 0 amide bonds. The van der Waals surface area contributed by atoms with Crippen LogP contribution in [-0.2, 0) is 9.53 Å². The molecule has 16 heavy (non-hydrogen) atoms. The molecule has 1 saturated carbocycles. The van der Waals surface area contributed by atoms with Crippen LogP contribution in [0.15, 0.2) is 0 Å². The summed E-state index contributed by atoms with van der Waals surface area (Å²) >= 11 is 0. The Labute approximate surface area is 97.2 Å². The second-order valence-electron chi connectivity index (χ2n) is 6.45. The van der Waals surface area contributed by atoms with Gasteiger partial charge in [-0.05, 0) is 29.6 Å². The number of aliphatic carboxylic acids is 1. The van der Waals surface area contributed by atoms with E-state index in [0.29, 0.717) is 26.1 Å². The zero-order valence-electron chi connectivity index (χ0n) is 10.7. The van der Waals surface area contributed by atoms with Gasteiger partial charge in [0, 0.05) is 13.2 Å². The van der Waals surface area contributed by atoms with Crippen LogP contribution in [0.1, 0.15) is 40.5 Å². The van der Waals surface area contributed by atoms with Gasteiger partial charge in [0.15, 0.2) is 0 Å². The van der Waals surface area contributed by atoms with Crippen LogP contribution in [0.25, 0.3) is 0 Å². The molecule has 1 heterocycles. The minimum Gasteiger partial charge on any atom is -0.481 e. The molecule has 0 radical (unpaired) electrons. The Morgan fingerprint density at radius 2 is 1.56 bits per heavy atom. The van der Waals surface area contributed by atoms with E-state index < -0.39 is 11.4 Å². The molecule has 0 unspecified atom stereocenters. The minimum atomic E-state index is -0.626. The first kappa shape index (κ1) is 11.9. The van der Waals surface area contributed by atoms with Gasteiger partial charge in [0.2, 0.25) is 0 Å². The second-order valence-corrected chi connectivity index (χ2v) is 6.45. The van der Waals surface area contributed by atoms with Crippen molar-refractivity contribution in [2.75, 3.05) is 13.2 Å². The molecule has 1 saturated heterocycles. The van der Waals surface area contributed by atoms with Crippen LogP contribution >= 0.6 is 0 Å². The highest BCUT2D eigenvalue weighted by Crippen LogP contribution is 2.75. The summed E-state index contributed by atoms with van der Waals surface area (Å²) in [6, 6.07) is 0. The molecule has 0 aromatic carbocycles. The Morgan fingerprint density at radius 1 is 1.12 bits per heavy atom. The van der Waals surface area contributed by atoms with Gasteiger partial charge in [-0.3, -0.25) is 4.79 Å². The number of hydrogen-bond acceptors (Lipinski definition) is 2. The standard InChI is InChI=1S/C13H22O3/c1-11(2)9(12(11,3)4)13(10(14)15)5-7-16-8-6-13/h9H,5-8H2,1-4H3,(H,14,15). The highest BCUT2D eigenvalue weighted by molar-refractivity contribution is 5.76. The van der Waals surface area contributed by atoms with Crippen LogP contribution in [0.2, 0.25) is 0 Å². The first-order valence-corrected chi connectivity index (χ1v) is 6.08. The third-order valence-electron chi connectivity index (χ3n) is 5.38. The van der Waals surface area contributed by atoms with Gasteiger partial charge in [0.05, 0.1) is 5.41 Å². The highest BCUT2D eigenvalue weighted by atomic mass is 16.5. The Kier molecular flexibility index (Phi) is 2.40. The summed E-state index contributed by atoms with van der Waals surface area (Å²) in [5, 5.41) is 9.61. The average Bonchev–Trinajstić information content (AvgIpc) is 2.58. The van der Waals surface area contributed by atoms with E-state index in [1.165, 1.54) is 0 Å². The number of carbonyl (C=O) groups is 1. The number of carboxylic acids is 1. The first-order chi connectivity index (χ1) is 7.27. The van der Waals surface area contributed by atoms with Crippen molar-refractivity contribution in [1.29, 1.82) is 0 Å². The number of carboxylic acid groups (broad SMARTS) is 1.